The summed E-state index contributed by atoms with van der Waals surface area (Å²) in [6, 6.07) is 7.19. The molecule has 0 amide bonds. The second-order valence-corrected chi connectivity index (χ2v) is 4.54. The Labute approximate surface area is 114 Å². The molecule has 0 saturated carbocycles. The van der Waals surface area contributed by atoms with Crippen molar-refractivity contribution in [3.05, 3.63) is 34.3 Å². The van der Waals surface area contributed by atoms with Gasteiger partial charge >= 0.3 is 5.97 Å². The molecule has 0 radical (unpaired) electrons. The van der Waals surface area contributed by atoms with Crippen LogP contribution in [0.15, 0.2) is 28.7 Å². The molecule has 1 aromatic rings. The van der Waals surface area contributed by atoms with Crippen LogP contribution in [0, 0.1) is 0 Å². The molecule has 0 aliphatic heterocycles. The van der Waals surface area contributed by atoms with Gasteiger partial charge in [-0.3, -0.25) is 0 Å². The van der Waals surface area contributed by atoms with E-state index in [2.05, 4.69) is 38.8 Å². The number of carbonyl (C=O) groups excluding carboxylic acids is 1. The van der Waals surface area contributed by atoms with Crippen LogP contribution in [0.3, 0.4) is 0 Å². The maximum absolute atomic E-state index is 11.2. The predicted molar refractivity (Wildman–Crippen MR) is 74.2 cm³/mol. The van der Waals surface area contributed by atoms with E-state index in [-0.39, 0.29) is 5.97 Å². The summed E-state index contributed by atoms with van der Waals surface area (Å²) in [5.74, 6) is -0.287. The highest BCUT2D eigenvalue weighted by molar-refractivity contribution is 9.10. The summed E-state index contributed by atoms with van der Waals surface area (Å²) < 4.78 is 5.61. The zero-order valence-electron chi connectivity index (χ0n) is 9.50. The number of rotatable bonds is 3. The van der Waals surface area contributed by atoms with Gasteiger partial charge in [-0.2, -0.15) is 0 Å². The van der Waals surface area contributed by atoms with Crippen molar-refractivity contribution in [1.82, 2.24) is 0 Å². The Morgan fingerprint density at radius 3 is 2.31 bits per heavy atom. The number of halogens is 2. The van der Waals surface area contributed by atoms with Gasteiger partial charge in [0.05, 0.1) is 12.2 Å². The fourth-order valence-corrected chi connectivity index (χ4v) is 1.28. The Balaban J connectivity index is 0.000000487. The first-order chi connectivity index (χ1) is 7.67. The molecule has 0 aromatic heterocycles. The summed E-state index contributed by atoms with van der Waals surface area (Å²) in [5.41, 5.74) is 0.569. The van der Waals surface area contributed by atoms with Gasteiger partial charge in [-0.15, -0.1) is 0 Å². The Bertz CT molecular complexity index is 312. The van der Waals surface area contributed by atoms with Gasteiger partial charge in [0.25, 0.3) is 0 Å². The number of hydrogen-bond donors (Lipinski definition) is 0. The lowest BCUT2D eigenvalue weighted by molar-refractivity contribution is 0.0525. The molecule has 1 aromatic carbocycles. The lowest BCUT2D eigenvalue weighted by Crippen LogP contribution is -2.04. The van der Waals surface area contributed by atoms with Crippen LogP contribution in [0.5, 0.6) is 0 Å². The SMILES string of the molecule is CCCBr.CCOC(=O)c1ccccc1Br. The molecule has 90 valence electrons. The molecule has 0 spiro atoms. The van der Waals surface area contributed by atoms with E-state index in [9.17, 15) is 4.79 Å². The highest BCUT2D eigenvalue weighted by atomic mass is 79.9. The van der Waals surface area contributed by atoms with Crippen LogP contribution in [-0.4, -0.2) is 17.9 Å². The van der Waals surface area contributed by atoms with E-state index in [4.69, 9.17) is 4.74 Å². The molecule has 1 rings (SSSR count). The molecular weight excluding hydrogens is 336 g/mol. The third kappa shape index (κ3) is 6.28. The van der Waals surface area contributed by atoms with E-state index in [1.54, 1.807) is 19.1 Å². The van der Waals surface area contributed by atoms with Crippen molar-refractivity contribution in [2.45, 2.75) is 20.3 Å². The van der Waals surface area contributed by atoms with Crippen molar-refractivity contribution in [3.8, 4) is 0 Å². The number of esters is 1. The van der Waals surface area contributed by atoms with Crippen LogP contribution in [0.4, 0.5) is 0 Å². The molecule has 0 aliphatic carbocycles. The van der Waals surface area contributed by atoms with Gasteiger partial charge in [-0.25, -0.2) is 4.79 Å². The predicted octanol–water partition coefficient (Wildman–Crippen LogP) is 4.42. The quantitative estimate of drug-likeness (QED) is 0.595. The van der Waals surface area contributed by atoms with Crippen LogP contribution in [-0.2, 0) is 4.74 Å². The molecule has 2 nitrogen and oxygen atoms in total. The summed E-state index contributed by atoms with van der Waals surface area (Å²) >= 11 is 6.51. The first kappa shape index (κ1) is 15.7. The number of ether oxygens (including phenoxy) is 1. The minimum atomic E-state index is -0.287. The van der Waals surface area contributed by atoms with Crippen molar-refractivity contribution in [2.24, 2.45) is 0 Å². The Kier molecular flexibility index (Phi) is 9.63. The van der Waals surface area contributed by atoms with Crippen molar-refractivity contribution in [3.63, 3.8) is 0 Å². The zero-order valence-corrected chi connectivity index (χ0v) is 12.7. The highest BCUT2D eigenvalue weighted by Crippen LogP contribution is 2.16. The molecule has 0 aliphatic rings. The standard InChI is InChI=1S/C9H9BrO2.C3H7Br/c1-2-12-9(11)7-5-3-4-6-8(7)10;1-2-3-4/h3-6H,2H2,1H3;2-3H2,1H3. The van der Waals surface area contributed by atoms with Crippen LogP contribution >= 0.6 is 31.9 Å². The maximum Gasteiger partial charge on any atom is 0.339 e. The van der Waals surface area contributed by atoms with E-state index in [1.807, 2.05) is 12.1 Å². The normalized spacial score (nSPS) is 9.00. The third-order valence-corrected chi connectivity index (χ3v) is 3.04. The molecule has 0 saturated heterocycles. The topological polar surface area (TPSA) is 26.3 Å². The van der Waals surface area contributed by atoms with Gasteiger partial charge < -0.3 is 4.74 Å². The molecule has 4 heteroatoms. The minimum absolute atomic E-state index is 0.287. The van der Waals surface area contributed by atoms with Gasteiger partial charge in [0.1, 0.15) is 0 Å². The molecule has 0 bridgehead atoms. The summed E-state index contributed by atoms with van der Waals surface area (Å²) in [7, 11) is 0. The Hall–Kier alpha value is -0.350. The Morgan fingerprint density at radius 1 is 1.31 bits per heavy atom. The molecule has 0 atom stereocenters. The average molecular weight is 352 g/mol. The number of benzene rings is 1. The number of carbonyl (C=O) groups is 1. The van der Waals surface area contributed by atoms with Crippen molar-refractivity contribution in [2.75, 3.05) is 11.9 Å². The van der Waals surface area contributed by atoms with Gasteiger partial charge in [0, 0.05) is 9.80 Å². The fourth-order valence-electron chi connectivity index (χ4n) is 0.836. The van der Waals surface area contributed by atoms with E-state index in [0.29, 0.717) is 12.2 Å². The maximum atomic E-state index is 11.2. The Morgan fingerprint density at radius 2 is 1.88 bits per heavy atom. The van der Waals surface area contributed by atoms with E-state index >= 15 is 0 Å². The third-order valence-electron chi connectivity index (χ3n) is 1.56. The van der Waals surface area contributed by atoms with Crippen molar-refractivity contribution >= 4 is 37.8 Å². The van der Waals surface area contributed by atoms with Gasteiger partial charge in [-0.05, 0) is 41.4 Å². The summed E-state index contributed by atoms with van der Waals surface area (Å²) in [6.07, 6.45) is 1.24. The van der Waals surface area contributed by atoms with Crippen LogP contribution in [0.2, 0.25) is 0 Å². The molecule has 16 heavy (non-hydrogen) atoms. The minimum Gasteiger partial charge on any atom is -0.462 e. The van der Waals surface area contributed by atoms with Crippen LogP contribution in [0.1, 0.15) is 30.6 Å². The van der Waals surface area contributed by atoms with Crippen LogP contribution in [0.25, 0.3) is 0 Å². The summed E-state index contributed by atoms with van der Waals surface area (Å²) in [4.78, 5) is 11.2. The second kappa shape index (κ2) is 9.85. The van der Waals surface area contributed by atoms with Crippen molar-refractivity contribution in [1.29, 1.82) is 0 Å². The number of alkyl halides is 1. The molecule has 0 fully saturated rings. The van der Waals surface area contributed by atoms with Gasteiger partial charge in [-0.1, -0.05) is 35.0 Å². The monoisotopic (exact) mass is 350 g/mol. The van der Waals surface area contributed by atoms with E-state index in [1.165, 1.54) is 6.42 Å². The van der Waals surface area contributed by atoms with E-state index < -0.39 is 0 Å². The molecule has 0 heterocycles. The molecular formula is C12H16Br2O2. The van der Waals surface area contributed by atoms with Crippen molar-refractivity contribution < 1.29 is 9.53 Å². The number of hydrogen-bond acceptors (Lipinski definition) is 2. The first-order valence-electron chi connectivity index (χ1n) is 5.14. The molecule has 0 unspecified atom stereocenters. The van der Waals surface area contributed by atoms with Crippen LogP contribution < -0.4 is 0 Å². The zero-order chi connectivity index (χ0) is 12.4. The highest BCUT2D eigenvalue weighted by Gasteiger charge is 2.08. The fraction of sp³-hybridized carbons (Fsp3) is 0.417. The average Bonchev–Trinajstić information content (AvgIpc) is 2.30. The smallest absolute Gasteiger partial charge is 0.339 e. The lowest BCUT2D eigenvalue weighted by atomic mass is 10.2. The van der Waals surface area contributed by atoms with Gasteiger partial charge in [0.2, 0.25) is 0 Å². The molecule has 0 N–H and O–H groups in total. The van der Waals surface area contributed by atoms with Gasteiger partial charge in [0.15, 0.2) is 0 Å². The second-order valence-electron chi connectivity index (χ2n) is 2.89. The summed E-state index contributed by atoms with van der Waals surface area (Å²) in [6.45, 7) is 4.32. The first-order valence-corrected chi connectivity index (χ1v) is 7.06. The largest absolute Gasteiger partial charge is 0.462 e. The summed E-state index contributed by atoms with van der Waals surface area (Å²) in [5, 5.41) is 1.13. The lowest BCUT2D eigenvalue weighted by Gasteiger charge is -2.02. The van der Waals surface area contributed by atoms with E-state index in [0.717, 1.165) is 9.80 Å².